The van der Waals surface area contributed by atoms with Crippen LogP contribution in [0.1, 0.15) is 11.1 Å². The number of guanidine groups is 1. The summed E-state index contributed by atoms with van der Waals surface area (Å²) in [7, 11) is 3.66. The highest BCUT2D eigenvalue weighted by molar-refractivity contribution is 14.0. The Morgan fingerprint density at radius 1 is 1.11 bits per heavy atom. The van der Waals surface area contributed by atoms with Crippen molar-refractivity contribution in [2.24, 2.45) is 10.7 Å². The molecule has 0 aromatic heterocycles. The van der Waals surface area contributed by atoms with Gasteiger partial charge in [-0.2, -0.15) is 0 Å². The lowest BCUT2D eigenvalue weighted by Gasteiger charge is -2.15. The summed E-state index contributed by atoms with van der Waals surface area (Å²) in [5.41, 5.74) is 8.18. The van der Waals surface area contributed by atoms with Crippen molar-refractivity contribution in [3.05, 3.63) is 65.5 Å². The number of nitrogens with two attached hydrogens (primary N) is 1. The van der Waals surface area contributed by atoms with E-state index in [1.807, 2.05) is 31.3 Å². The normalized spacial score (nSPS) is 11.2. The molecule has 0 amide bonds. The van der Waals surface area contributed by atoms with Gasteiger partial charge in [-0.15, -0.1) is 24.0 Å². The molecule has 2 rings (SSSR count). The molecule has 0 aliphatic heterocycles. The second-order valence-electron chi connectivity index (χ2n) is 6.16. The number of ether oxygens (including phenoxy) is 1. The summed E-state index contributed by atoms with van der Waals surface area (Å²) in [6.45, 7) is 2.87. The predicted octanol–water partition coefficient (Wildman–Crippen LogP) is 3.03. The maximum absolute atomic E-state index is 12.9. The van der Waals surface area contributed by atoms with E-state index < -0.39 is 0 Å². The largest absolute Gasteiger partial charge is 0.497 e. The fourth-order valence-corrected chi connectivity index (χ4v) is 2.50. The van der Waals surface area contributed by atoms with Gasteiger partial charge in [0, 0.05) is 19.6 Å². The Bertz CT molecular complexity index is 692. The van der Waals surface area contributed by atoms with Crippen molar-refractivity contribution in [3.63, 3.8) is 0 Å². The zero-order valence-electron chi connectivity index (χ0n) is 15.8. The van der Waals surface area contributed by atoms with E-state index in [0.717, 1.165) is 37.4 Å². The monoisotopic (exact) mass is 486 g/mol. The van der Waals surface area contributed by atoms with Crippen molar-refractivity contribution in [1.29, 1.82) is 0 Å². The second-order valence-corrected chi connectivity index (χ2v) is 6.16. The molecule has 0 unspecified atom stereocenters. The Morgan fingerprint density at radius 3 is 2.37 bits per heavy atom. The quantitative estimate of drug-likeness (QED) is 0.325. The Morgan fingerprint density at radius 2 is 1.74 bits per heavy atom. The SMILES string of the molecule is COc1ccc(CCNC(N)=NCCN(C)Cc2ccc(F)cc2)cc1.I. The van der Waals surface area contributed by atoms with Crippen LogP contribution in [0.15, 0.2) is 53.5 Å². The van der Waals surface area contributed by atoms with Crippen molar-refractivity contribution >= 4 is 29.9 Å². The number of rotatable bonds is 9. The first-order valence-electron chi connectivity index (χ1n) is 8.66. The lowest BCUT2D eigenvalue weighted by molar-refractivity contribution is 0.336. The van der Waals surface area contributed by atoms with Crippen molar-refractivity contribution in [3.8, 4) is 5.75 Å². The molecular formula is C20H28FIN4O. The first-order chi connectivity index (χ1) is 12.6. The van der Waals surface area contributed by atoms with E-state index in [1.165, 1.54) is 17.7 Å². The van der Waals surface area contributed by atoms with Crippen LogP contribution in [0.4, 0.5) is 4.39 Å². The van der Waals surface area contributed by atoms with Crippen LogP contribution >= 0.6 is 24.0 Å². The number of nitrogens with one attached hydrogen (secondary N) is 1. The number of nitrogens with zero attached hydrogens (tertiary/aromatic N) is 2. The predicted molar refractivity (Wildman–Crippen MR) is 119 cm³/mol. The molecule has 0 aliphatic carbocycles. The molecular weight excluding hydrogens is 458 g/mol. The van der Waals surface area contributed by atoms with E-state index in [9.17, 15) is 4.39 Å². The average molecular weight is 486 g/mol. The number of methoxy groups -OCH3 is 1. The first-order valence-corrected chi connectivity index (χ1v) is 8.66. The Balaban J connectivity index is 0.00000364. The Labute approximate surface area is 177 Å². The zero-order chi connectivity index (χ0) is 18.8. The minimum absolute atomic E-state index is 0. The second kappa shape index (κ2) is 12.5. The van der Waals surface area contributed by atoms with E-state index in [2.05, 4.69) is 15.2 Å². The average Bonchev–Trinajstić information content (AvgIpc) is 2.64. The third-order valence-electron chi connectivity index (χ3n) is 4.01. The maximum atomic E-state index is 12.9. The van der Waals surface area contributed by atoms with Crippen molar-refractivity contribution in [2.75, 3.05) is 33.8 Å². The highest BCUT2D eigenvalue weighted by atomic mass is 127. The van der Waals surface area contributed by atoms with Gasteiger partial charge in [-0.1, -0.05) is 24.3 Å². The number of halogens is 2. The van der Waals surface area contributed by atoms with Crippen LogP contribution in [-0.2, 0) is 13.0 Å². The topological polar surface area (TPSA) is 62.9 Å². The van der Waals surface area contributed by atoms with Crippen LogP contribution in [0.25, 0.3) is 0 Å². The molecule has 0 atom stereocenters. The van der Waals surface area contributed by atoms with E-state index in [0.29, 0.717) is 12.5 Å². The number of benzene rings is 2. The molecule has 2 aromatic rings. The number of hydrogen-bond donors (Lipinski definition) is 2. The van der Waals surface area contributed by atoms with Crippen LogP contribution in [0.3, 0.4) is 0 Å². The van der Waals surface area contributed by atoms with Crippen LogP contribution in [0.5, 0.6) is 5.75 Å². The van der Waals surface area contributed by atoms with E-state index >= 15 is 0 Å². The Kier molecular flexibility index (Phi) is 10.7. The summed E-state index contributed by atoms with van der Waals surface area (Å²) in [5.74, 6) is 1.09. The first kappa shape index (κ1) is 23.2. The molecule has 2 aromatic carbocycles. The molecule has 0 bridgehead atoms. The van der Waals surface area contributed by atoms with E-state index in [1.54, 1.807) is 19.2 Å². The third kappa shape index (κ3) is 9.05. The molecule has 148 valence electrons. The fraction of sp³-hybridized carbons (Fsp3) is 0.350. The molecule has 0 saturated carbocycles. The smallest absolute Gasteiger partial charge is 0.188 e. The Hall–Kier alpha value is -1.87. The van der Waals surface area contributed by atoms with Crippen LogP contribution < -0.4 is 15.8 Å². The summed E-state index contributed by atoms with van der Waals surface area (Å²) in [6.07, 6.45) is 0.866. The highest BCUT2D eigenvalue weighted by Crippen LogP contribution is 2.11. The molecule has 7 heteroatoms. The van der Waals surface area contributed by atoms with Gasteiger partial charge >= 0.3 is 0 Å². The van der Waals surface area contributed by atoms with Gasteiger partial charge in [-0.25, -0.2) is 4.39 Å². The number of likely N-dealkylation sites (N-methyl/N-ethyl adjacent to an activating group) is 1. The number of hydrogen-bond acceptors (Lipinski definition) is 3. The van der Waals surface area contributed by atoms with Gasteiger partial charge in [0.2, 0.25) is 0 Å². The van der Waals surface area contributed by atoms with Crippen LogP contribution in [-0.4, -0.2) is 44.7 Å². The molecule has 0 aliphatic rings. The van der Waals surface area contributed by atoms with Gasteiger partial charge in [-0.3, -0.25) is 4.99 Å². The highest BCUT2D eigenvalue weighted by Gasteiger charge is 2.01. The fourth-order valence-electron chi connectivity index (χ4n) is 2.50. The molecule has 5 nitrogen and oxygen atoms in total. The molecule has 0 heterocycles. The maximum Gasteiger partial charge on any atom is 0.188 e. The van der Waals surface area contributed by atoms with Gasteiger partial charge in [0.25, 0.3) is 0 Å². The van der Waals surface area contributed by atoms with Gasteiger partial charge in [-0.05, 0) is 48.9 Å². The molecule has 3 N–H and O–H groups in total. The van der Waals surface area contributed by atoms with E-state index in [4.69, 9.17) is 10.5 Å². The summed E-state index contributed by atoms with van der Waals surface area (Å²) < 4.78 is 18.0. The van der Waals surface area contributed by atoms with Crippen LogP contribution in [0.2, 0.25) is 0 Å². The third-order valence-corrected chi connectivity index (χ3v) is 4.01. The molecule has 0 spiro atoms. The standard InChI is InChI=1S/C20H27FN4O.HI/c1-25(15-17-3-7-18(21)8-4-17)14-13-24-20(22)23-12-11-16-5-9-19(26-2)10-6-16;/h3-10H,11-15H2,1-2H3,(H3,22,23,24);1H. The molecule has 0 fully saturated rings. The minimum atomic E-state index is -0.213. The van der Waals surface area contributed by atoms with Gasteiger partial charge in [0.05, 0.1) is 13.7 Å². The van der Waals surface area contributed by atoms with Crippen molar-refractivity contribution < 1.29 is 9.13 Å². The summed E-state index contributed by atoms with van der Waals surface area (Å²) in [5, 5.41) is 3.13. The summed E-state index contributed by atoms with van der Waals surface area (Å²) in [6, 6.07) is 14.5. The summed E-state index contributed by atoms with van der Waals surface area (Å²) in [4.78, 5) is 6.47. The number of aliphatic imine (C=N–C) groups is 1. The minimum Gasteiger partial charge on any atom is -0.497 e. The lowest BCUT2D eigenvalue weighted by atomic mass is 10.1. The lowest BCUT2D eigenvalue weighted by Crippen LogP contribution is -2.34. The molecule has 0 radical (unpaired) electrons. The van der Waals surface area contributed by atoms with Crippen molar-refractivity contribution in [1.82, 2.24) is 10.2 Å². The molecule has 0 saturated heterocycles. The van der Waals surface area contributed by atoms with Gasteiger partial charge in [0.1, 0.15) is 11.6 Å². The molecule has 27 heavy (non-hydrogen) atoms. The van der Waals surface area contributed by atoms with Crippen molar-refractivity contribution in [2.45, 2.75) is 13.0 Å². The van der Waals surface area contributed by atoms with Crippen LogP contribution in [0, 0.1) is 5.82 Å². The van der Waals surface area contributed by atoms with Gasteiger partial charge in [0.15, 0.2) is 5.96 Å². The van der Waals surface area contributed by atoms with Gasteiger partial charge < -0.3 is 20.7 Å². The summed E-state index contributed by atoms with van der Waals surface area (Å²) >= 11 is 0. The zero-order valence-corrected chi connectivity index (χ0v) is 18.2. The van der Waals surface area contributed by atoms with E-state index in [-0.39, 0.29) is 29.8 Å².